The zero-order valence-corrected chi connectivity index (χ0v) is 9.25. The van der Waals surface area contributed by atoms with E-state index in [0.717, 1.165) is 11.1 Å². The molecule has 0 aliphatic heterocycles. The van der Waals surface area contributed by atoms with Gasteiger partial charge in [0, 0.05) is 17.8 Å². The van der Waals surface area contributed by atoms with Crippen LogP contribution in [0.25, 0.3) is 11.1 Å². The third kappa shape index (κ3) is 2.56. The van der Waals surface area contributed by atoms with E-state index in [4.69, 9.17) is 4.74 Å². The zero-order valence-electron chi connectivity index (χ0n) is 9.25. The lowest BCUT2D eigenvalue weighted by Crippen LogP contribution is -1.86. The van der Waals surface area contributed by atoms with Crippen molar-refractivity contribution in [3.8, 4) is 17.0 Å². The van der Waals surface area contributed by atoms with Crippen molar-refractivity contribution in [3.05, 3.63) is 42.6 Å². The number of hydrogen-bond donors (Lipinski definition) is 0. The van der Waals surface area contributed by atoms with E-state index in [1.165, 1.54) is 6.08 Å². The van der Waals surface area contributed by atoms with E-state index < -0.39 is 0 Å². The minimum atomic E-state index is 0.566. The molecule has 0 saturated carbocycles. The van der Waals surface area contributed by atoms with E-state index in [1.807, 2.05) is 18.2 Å². The van der Waals surface area contributed by atoms with Crippen LogP contribution in [0.3, 0.4) is 0 Å². The van der Waals surface area contributed by atoms with Crippen LogP contribution in [-0.2, 0) is 4.79 Å². The highest BCUT2D eigenvalue weighted by Gasteiger charge is 2.00. The number of nitrogens with zero attached hydrogens (tertiary/aromatic N) is 2. The van der Waals surface area contributed by atoms with E-state index in [0.29, 0.717) is 11.6 Å². The van der Waals surface area contributed by atoms with Gasteiger partial charge in [0.2, 0.25) is 12.0 Å². The topological polar surface area (TPSA) is 51.5 Å². The van der Waals surface area contributed by atoms with Gasteiger partial charge in [0.1, 0.15) is 0 Å². The number of carbonyl (C=O) groups excluding carboxylic acids is 1. The first-order chi connectivity index (χ1) is 8.33. The molecule has 0 fully saturated rings. The van der Waals surface area contributed by atoms with Gasteiger partial charge in [-0.1, -0.05) is 12.1 Å². The zero-order chi connectivity index (χ0) is 12.1. The van der Waals surface area contributed by atoms with Crippen molar-refractivity contribution in [1.82, 2.24) is 4.98 Å². The number of isocyanates is 1. The standard InChI is InChI=1S/C13H10N2O2/c1-17-13-6-5-11(8-14-13)10-3-2-4-12(7-10)15-9-16/h2-8H,1H3. The summed E-state index contributed by atoms with van der Waals surface area (Å²) in [5.41, 5.74) is 2.46. The normalized spacial score (nSPS) is 9.47. The molecule has 1 heterocycles. The molecule has 0 aliphatic rings. The first-order valence-corrected chi connectivity index (χ1v) is 5.02. The predicted molar refractivity (Wildman–Crippen MR) is 64.0 cm³/mol. The van der Waals surface area contributed by atoms with Crippen LogP contribution in [0.5, 0.6) is 5.88 Å². The van der Waals surface area contributed by atoms with Gasteiger partial charge in [-0.25, -0.2) is 9.78 Å². The largest absolute Gasteiger partial charge is 0.481 e. The maximum atomic E-state index is 10.2. The molecule has 0 unspecified atom stereocenters. The third-order valence-electron chi connectivity index (χ3n) is 2.30. The highest BCUT2D eigenvalue weighted by atomic mass is 16.5. The minimum Gasteiger partial charge on any atom is -0.481 e. The third-order valence-corrected chi connectivity index (χ3v) is 2.30. The molecule has 0 saturated heterocycles. The summed E-state index contributed by atoms with van der Waals surface area (Å²) < 4.78 is 4.99. The molecule has 4 nitrogen and oxygen atoms in total. The lowest BCUT2D eigenvalue weighted by atomic mass is 10.1. The first kappa shape index (κ1) is 11.0. The monoisotopic (exact) mass is 226 g/mol. The Morgan fingerprint density at radius 3 is 2.76 bits per heavy atom. The fourth-order valence-electron chi connectivity index (χ4n) is 1.48. The SMILES string of the molecule is COc1ccc(-c2cccc(N=C=O)c2)cn1. The number of ether oxygens (including phenoxy) is 1. The van der Waals surface area contributed by atoms with Gasteiger partial charge in [-0.15, -0.1) is 0 Å². The second-order valence-corrected chi connectivity index (χ2v) is 3.34. The van der Waals surface area contributed by atoms with Crippen molar-refractivity contribution in [2.45, 2.75) is 0 Å². The minimum absolute atomic E-state index is 0.566. The fraction of sp³-hybridized carbons (Fsp3) is 0.0769. The van der Waals surface area contributed by atoms with Crippen molar-refractivity contribution < 1.29 is 9.53 Å². The van der Waals surface area contributed by atoms with Crippen LogP contribution < -0.4 is 4.74 Å². The Morgan fingerprint density at radius 1 is 1.24 bits per heavy atom. The number of pyridine rings is 1. The average Bonchev–Trinajstić information content (AvgIpc) is 2.40. The second-order valence-electron chi connectivity index (χ2n) is 3.34. The molecule has 4 heteroatoms. The van der Waals surface area contributed by atoms with E-state index in [-0.39, 0.29) is 0 Å². The van der Waals surface area contributed by atoms with Crippen LogP contribution in [-0.4, -0.2) is 18.2 Å². The Kier molecular flexibility index (Phi) is 3.28. The molecule has 0 aliphatic carbocycles. The lowest BCUT2D eigenvalue weighted by molar-refractivity contribution is 0.398. The summed E-state index contributed by atoms with van der Waals surface area (Å²) in [6.45, 7) is 0. The van der Waals surface area contributed by atoms with Crippen molar-refractivity contribution in [1.29, 1.82) is 0 Å². The number of methoxy groups -OCH3 is 1. The molecule has 2 rings (SSSR count). The molecule has 1 aromatic heterocycles. The van der Waals surface area contributed by atoms with Gasteiger partial charge in [0.15, 0.2) is 0 Å². The Morgan fingerprint density at radius 2 is 2.12 bits per heavy atom. The van der Waals surface area contributed by atoms with Crippen LogP contribution >= 0.6 is 0 Å². The molecule has 1 aromatic carbocycles. The quantitative estimate of drug-likeness (QED) is 0.597. The van der Waals surface area contributed by atoms with Crippen LogP contribution in [0.1, 0.15) is 0 Å². The summed E-state index contributed by atoms with van der Waals surface area (Å²) in [4.78, 5) is 17.9. The van der Waals surface area contributed by atoms with Crippen molar-refractivity contribution >= 4 is 11.8 Å². The van der Waals surface area contributed by atoms with Crippen LogP contribution in [0, 0.1) is 0 Å². The summed E-state index contributed by atoms with van der Waals surface area (Å²) in [5, 5.41) is 0. The smallest absolute Gasteiger partial charge is 0.240 e. The van der Waals surface area contributed by atoms with Crippen LogP contribution in [0.4, 0.5) is 5.69 Å². The first-order valence-electron chi connectivity index (χ1n) is 5.02. The van der Waals surface area contributed by atoms with Crippen molar-refractivity contribution in [3.63, 3.8) is 0 Å². The van der Waals surface area contributed by atoms with Crippen LogP contribution in [0.15, 0.2) is 47.6 Å². The van der Waals surface area contributed by atoms with Gasteiger partial charge in [-0.3, -0.25) is 0 Å². The Bertz CT molecular complexity index is 558. The highest BCUT2D eigenvalue weighted by Crippen LogP contribution is 2.24. The number of hydrogen-bond acceptors (Lipinski definition) is 4. The fourth-order valence-corrected chi connectivity index (χ4v) is 1.48. The van der Waals surface area contributed by atoms with Gasteiger partial charge < -0.3 is 4.74 Å². The molecule has 0 bridgehead atoms. The van der Waals surface area contributed by atoms with Crippen LogP contribution in [0.2, 0.25) is 0 Å². The average molecular weight is 226 g/mol. The molecule has 0 atom stereocenters. The van der Waals surface area contributed by atoms with E-state index >= 15 is 0 Å². The van der Waals surface area contributed by atoms with E-state index in [1.54, 1.807) is 31.5 Å². The number of benzene rings is 1. The maximum absolute atomic E-state index is 10.2. The molecule has 84 valence electrons. The molecule has 0 spiro atoms. The summed E-state index contributed by atoms with van der Waals surface area (Å²) in [7, 11) is 1.57. The summed E-state index contributed by atoms with van der Waals surface area (Å²) >= 11 is 0. The Hall–Kier alpha value is -2.45. The highest BCUT2D eigenvalue weighted by molar-refractivity contribution is 5.67. The number of aliphatic imine (C=N–C) groups is 1. The van der Waals surface area contributed by atoms with Gasteiger partial charge in [0.25, 0.3) is 0 Å². The molecule has 0 amide bonds. The summed E-state index contributed by atoms with van der Waals surface area (Å²) in [6, 6.07) is 11.0. The molecule has 0 radical (unpaired) electrons. The summed E-state index contributed by atoms with van der Waals surface area (Å²) in [6.07, 6.45) is 3.23. The van der Waals surface area contributed by atoms with Gasteiger partial charge >= 0.3 is 0 Å². The summed E-state index contributed by atoms with van der Waals surface area (Å²) in [5.74, 6) is 0.566. The van der Waals surface area contributed by atoms with Gasteiger partial charge in [0.05, 0.1) is 12.8 Å². The van der Waals surface area contributed by atoms with Gasteiger partial charge in [-0.2, -0.15) is 4.99 Å². The Labute approximate surface area is 98.6 Å². The number of rotatable bonds is 3. The van der Waals surface area contributed by atoms with E-state index in [2.05, 4.69) is 9.98 Å². The molecular weight excluding hydrogens is 216 g/mol. The van der Waals surface area contributed by atoms with E-state index in [9.17, 15) is 4.79 Å². The van der Waals surface area contributed by atoms with Gasteiger partial charge in [-0.05, 0) is 23.8 Å². The molecule has 0 N–H and O–H groups in total. The van der Waals surface area contributed by atoms with Crippen molar-refractivity contribution in [2.75, 3.05) is 7.11 Å². The lowest BCUT2D eigenvalue weighted by Gasteiger charge is -2.03. The Balaban J connectivity index is 2.38. The number of aromatic nitrogens is 1. The molecular formula is C13H10N2O2. The molecule has 2 aromatic rings. The predicted octanol–water partition coefficient (Wildman–Crippen LogP) is 2.72. The second kappa shape index (κ2) is 5.05. The maximum Gasteiger partial charge on any atom is 0.240 e. The van der Waals surface area contributed by atoms with Crippen molar-refractivity contribution in [2.24, 2.45) is 4.99 Å². The molecule has 17 heavy (non-hydrogen) atoms.